The molecule has 6 heteroatoms. The summed E-state index contributed by atoms with van der Waals surface area (Å²) in [6, 6.07) is -0.741. The second kappa shape index (κ2) is 1.90. The molecule has 0 aliphatic rings. The molecular weight excluding hydrogens is 134 g/mol. The Balaban J connectivity index is 3.17. The van der Waals surface area contributed by atoms with Crippen molar-refractivity contribution < 1.29 is 4.79 Å². The SMILES string of the molecule is NC(=O)n1ncc(N)c1N. The zero-order chi connectivity index (χ0) is 7.72. The van der Waals surface area contributed by atoms with E-state index in [9.17, 15) is 4.79 Å². The van der Waals surface area contributed by atoms with Crippen molar-refractivity contribution in [1.29, 1.82) is 0 Å². The normalized spacial score (nSPS) is 9.60. The average molecular weight is 141 g/mol. The lowest BCUT2D eigenvalue weighted by Crippen LogP contribution is -2.22. The fourth-order valence-corrected chi connectivity index (χ4v) is 0.546. The molecule has 0 saturated heterocycles. The van der Waals surface area contributed by atoms with E-state index in [1.807, 2.05) is 0 Å². The summed E-state index contributed by atoms with van der Waals surface area (Å²) in [5.41, 5.74) is 15.6. The summed E-state index contributed by atoms with van der Waals surface area (Å²) in [6.07, 6.45) is 1.26. The number of nitrogens with two attached hydrogens (primary N) is 3. The van der Waals surface area contributed by atoms with E-state index >= 15 is 0 Å². The van der Waals surface area contributed by atoms with E-state index in [0.29, 0.717) is 0 Å². The molecule has 0 saturated carbocycles. The average Bonchev–Trinajstić information content (AvgIpc) is 2.14. The molecule has 10 heavy (non-hydrogen) atoms. The maximum absolute atomic E-state index is 10.4. The lowest BCUT2D eigenvalue weighted by atomic mass is 10.5. The number of carbonyl (C=O) groups is 1. The van der Waals surface area contributed by atoms with E-state index in [1.54, 1.807) is 0 Å². The summed E-state index contributed by atoms with van der Waals surface area (Å²) in [5.74, 6) is 0.0764. The van der Waals surface area contributed by atoms with Crippen LogP contribution in [0.1, 0.15) is 0 Å². The summed E-state index contributed by atoms with van der Waals surface area (Å²) in [7, 11) is 0. The first-order chi connectivity index (χ1) is 4.63. The fourth-order valence-electron chi connectivity index (χ4n) is 0.546. The molecule has 1 heterocycles. The molecule has 0 fully saturated rings. The number of aromatic nitrogens is 2. The Labute approximate surface area is 56.6 Å². The number of rotatable bonds is 0. The van der Waals surface area contributed by atoms with E-state index in [4.69, 9.17) is 17.2 Å². The molecule has 6 nitrogen and oxygen atoms in total. The van der Waals surface area contributed by atoms with Crippen molar-refractivity contribution in [2.45, 2.75) is 0 Å². The van der Waals surface area contributed by atoms with Gasteiger partial charge in [0.1, 0.15) is 0 Å². The number of nitrogen functional groups attached to an aromatic ring is 2. The van der Waals surface area contributed by atoms with Crippen LogP contribution in [-0.2, 0) is 0 Å². The Morgan fingerprint density at radius 2 is 2.20 bits per heavy atom. The highest BCUT2D eigenvalue weighted by Gasteiger charge is 2.06. The Hall–Kier alpha value is -1.72. The van der Waals surface area contributed by atoms with Gasteiger partial charge in [-0.1, -0.05) is 0 Å². The molecule has 0 radical (unpaired) electrons. The second-order valence-corrected chi connectivity index (χ2v) is 1.74. The Bertz CT molecular complexity index is 265. The van der Waals surface area contributed by atoms with Gasteiger partial charge in [-0.3, -0.25) is 0 Å². The smallest absolute Gasteiger partial charge is 0.341 e. The second-order valence-electron chi connectivity index (χ2n) is 1.74. The number of carbonyl (C=O) groups excluding carboxylic acids is 1. The van der Waals surface area contributed by atoms with Crippen LogP contribution >= 0.6 is 0 Å². The van der Waals surface area contributed by atoms with Crippen molar-refractivity contribution in [3.05, 3.63) is 6.20 Å². The standard InChI is InChI=1S/C4H7N5O/c5-2-1-8-9(3(2)6)4(7)10/h1H,5-6H2,(H2,7,10). The van der Waals surface area contributed by atoms with Crippen molar-refractivity contribution in [3.8, 4) is 0 Å². The maximum Gasteiger partial charge on any atom is 0.341 e. The predicted molar refractivity (Wildman–Crippen MR) is 36.0 cm³/mol. The lowest BCUT2D eigenvalue weighted by molar-refractivity contribution is 0.248. The van der Waals surface area contributed by atoms with Crippen LogP contribution in [0.5, 0.6) is 0 Å². The van der Waals surface area contributed by atoms with Crippen LogP contribution < -0.4 is 17.2 Å². The summed E-state index contributed by atoms with van der Waals surface area (Å²) >= 11 is 0. The fraction of sp³-hybridized carbons (Fsp3) is 0. The van der Waals surface area contributed by atoms with E-state index in [0.717, 1.165) is 4.68 Å². The first kappa shape index (κ1) is 6.40. The molecule has 0 aliphatic carbocycles. The van der Waals surface area contributed by atoms with Crippen LogP contribution in [-0.4, -0.2) is 15.8 Å². The first-order valence-corrected chi connectivity index (χ1v) is 2.51. The predicted octanol–water partition coefficient (Wildman–Crippen LogP) is -1.03. The number of anilines is 2. The van der Waals surface area contributed by atoms with Gasteiger partial charge in [0.05, 0.1) is 11.9 Å². The Morgan fingerprint density at radius 1 is 1.60 bits per heavy atom. The van der Waals surface area contributed by atoms with Gasteiger partial charge in [0.15, 0.2) is 5.82 Å². The van der Waals surface area contributed by atoms with Crippen LogP contribution in [0.2, 0.25) is 0 Å². The monoisotopic (exact) mass is 141 g/mol. The first-order valence-electron chi connectivity index (χ1n) is 2.51. The molecule has 0 spiro atoms. The highest BCUT2D eigenvalue weighted by molar-refractivity contribution is 5.80. The quantitative estimate of drug-likeness (QED) is 0.428. The molecule has 1 amide bonds. The van der Waals surface area contributed by atoms with E-state index < -0.39 is 6.03 Å². The van der Waals surface area contributed by atoms with Gasteiger partial charge in [-0.15, -0.1) is 0 Å². The van der Waals surface area contributed by atoms with E-state index in [1.165, 1.54) is 6.20 Å². The topological polar surface area (TPSA) is 113 Å². The zero-order valence-corrected chi connectivity index (χ0v) is 5.11. The molecule has 0 unspecified atom stereocenters. The maximum atomic E-state index is 10.4. The van der Waals surface area contributed by atoms with Crippen molar-refractivity contribution in [1.82, 2.24) is 9.78 Å². The lowest BCUT2D eigenvalue weighted by Gasteiger charge is -1.95. The molecule has 0 aliphatic heterocycles. The summed E-state index contributed by atoms with van der Waals surface area (Å²) < 4.78 is 0.829. The molecule has 1 aromatic rings. The summed E-state index contributed by atoms with van der Waals surface area (Å²) in [5, 5.41) is 3.51. The van der Waals surface area contributed by atoms with Crippen LogP contribution in [0.3, 0.4) is 0 Å². The Kier molecular flexibility index (Phi) is 1.22. The molecule has 1 aromatic heterocycles. The molecule has 0 aromatic carbocycles. The van der Waals surface area contributed by atoms with Gasteiger partial charge in [0.2, 0.25) is 0 Å². The van der Waals surface area contributed by atoms with Crippen molar-refractivity contribution in [2.75, 3.05) is 11.5 Å². The van der Waals surface area contributed by atoms with Crippen molar-refractivity contribution in [2.24, 2.45) is 5.73 Å². The van der Waals surface area contributed by atoms with Gasteiger partial charge >= 0.3 is 6.03 Å². The van der Waals surface area contributed by atoms with Crippen molar-refractivity contribution >= 4 is 17.5 Å². The minimum atomic E-state index is -0.741. The van der Waals surface area contributed by atoms with Gasteiger partial charge in [0.25, 0.3) is 0 Å². The van der Waals surface area contributed by atoms with Gasteiger partial charge in [-0.2, -0.15) is 9.78 Å². The van der Waals surface area contributed by atoms with Gasteiger partial charge < -0.3 is 17.2 Å². The molecule has 6 N–H and O–H groups in total. The minimum absolute atomic E-state index is 0.0764. The third kappa shape index (κ3) is 0.750. The van der Waals surface area contributed by atoms with Crippen LogP contribution in [0.15, 0.2) is 6.20 Å². The van der Waals surface area contributed by atoms with E-state index in [-0.39, 0.29) is 11.5 Å². The summed E-state index contributed by atoms with van der Waals surface area (Å²) in [6.45, 7) is 0. The van der Waals surface area contributed by atoms with Crippen LogP contribution in [0, 0.1) is 0 Å². The van der Waals surface area contributed by atoms with Crippen LogP contribution in [0.4, 0.5) is 16.3 Å². The molecule has 1 rings (SSSR count). The number of hydrogen-bond donors (Lipinski definition) is 3. The highest BCUT2D eigenvalue weighted by Crippen LogP contribution is 2.10. The third-order valence-corrected chi connectivity index (χ3v) is 1.04. The molecule has 0 bridgehead atoms. The van der Waals surface area contributed by atoms with Crippen molar-refractivity contribution in [3.63, 3.8) is 0 Å². The molecule has 54 valence electrons. The minimum Gasteiger partial charge on any atom is -0.394 e. The van der Waals surface area contributed by atoms with E-state index in [2.05, 4.69) is 5.10 Å². The largest absolute Gasteiger partial charge is 0.394 e. The molecular formula is C4H7N5O. The Morgan fingerprint density at radius 3 is 2.40 bits per heavy atom. The number of nitrogens with zero attached hydrogens (tertiary/aromatic N) is 2. The summed E-state index contributed by atoms with van der Waals surface area (Å²) in [4.78, 5) is 10.4. The van der Waals surface area contributed by atoms with Gasteiger partial charge in [-0.25, -0.2) is 4.79 Å². The number of amides is 1. The van der Waals surface area contributed by atoms with Gasteiger partial charge in [-0.05, 0) is 0 Å². The third-order valence-electron chi connectivity index (χ3n) is 1.04. The molecule has 0 atom stereocenters. The zero-order valence-electron chi connectivity index (χ0n) is 5.11. The van der Waals surface area contributed by atoms with Crippen LogP contribution in [0.25, 0.3) is 0 Å². The number of primary amides is 1. The van der Waals surface area contributed by atoms with Gasteiger partial charge in [0, 0.05) is 0 Å². The highest BCUT2D eigenvalue weighted by atomic mass is 16.2. The number of hydrogen-bond acceptors (Lipinski definition) is 4.